The highest BCUT2D eigenvalue weighted by atomic mass is 16.4. The summed E-state index contributed by atoms with van der Waals surface area (Å²) in [6, 6.07) is 6.07. The average molecular weight is 861 g/mol. The molecule has 0 aliphatic carbocycles. The van der Waals surface area contributed by atoms with E-state index in [-0.39, 0.29) is 38.5 Å². The van der Waals surface area contributed by atoms with Gasteiger partial charge in [0.25, 0.3) is 0 Å². The molecule has 0 fully saturated rings. The van der Waals surface area contributed by atoms with Crippen molar-refractivity contribution in [2.75, 3.05) is 0 Å². The Bertz CT molecular complexity index is 2430. The van der Waals surface area contributed by atoms with Gasteiger partial charge in [0, 0.05) is 47.8 Å². The molecule has 0 saturated heterocycles. The van der Waals surface area contributed by atoms with Crippen molar-refractivity contribution in [3.8, 4) is 0 Å². The van der Waals surface area contributed by atoms with Crippen LogP contribution in [-0.2, 0) is 41.6 Å². The van der Waals surface area contributed by atoms with Crippen LogP contribution in [0.1, 0.15) is 124 Å². The highest BCUT2D eigenvalue weighted by Crippen LogP contribution is 2.38. The minimum atomic E-state index is -1.17. The Kier molecular flexibility index (Phi) is 17.8. The van der Waals surface area contributed by atoms with E-state index in [1.807, 2.05) is 26.0 Å². The number of nitrogens with zero attached hydrogens (tertiary/aromatic N) is 2. The number of hydrogen-bond acceptors (Lipinski definition) is 10. The van der Waals surface area contributed by atoms with Gasteiger partial charge < -0.3 is 52.1 Å². The molecule has 3 aromatic heterocycles. The van der Waals surface area contributed by atoms with E-state index in [1.54, 1.807) is 0 Å². The fourth-order valence-electron chi connectivity index (χ4n) is 7.03. The maximum atomic E-state index is 11.5. The minimum absolute atomic E-state index is 0.0138. The van der Waals surface area contributed by atoms with E-state index in [2.05, 4.69) is 49.8 Å². The first-order chi connectivity index (χ1) is 29.1. The molecule has 334 valence electrons. The lowest BCUT2D eigenvalue weighted by Crippen LogP contribution is -2.30. The Morgan fingerprint density at radius 3 is 1.19 bits per heavy atom. The van der Waals surface area contributed by atoms with Gasteiger partial charge in [0.1, 0.15) is 12.1 Å². The molecule has 0 amide bonds. The fraction of sp³-hybridized carbons (Fsp3) is 0.409. The first-order valence-electron chi connectivity index (χ1n) is 20.1. The van der Waals surface area contributed by atoms with E-state index in [9.17, 15) is 39.0 Å². The second-order valence-corrected chi connectivity index (χ2v) is 14.9. The van der Waals surface area contributed by atoms with Crippen LogP contribution in [0.25, 0.3) is 44.4 Å². The maximum Gasteiger partial charge on any atom is 0.320 e. The molecule has 0 radical (unpaired) electrons. The number of aliphatic carboxylic acids is 6. The van der Waals surface area contributed by atoms with Gasteiger partial charge in [-0.1, -0.05) is 13.8 Å². The number of carboxylic acid groups (broad SMARTS) is 6. The molecular formula is C44H56N6O12. The second kappa shape index (κ2) is 22.3. The number of carbonyl (C=O) groups is 6. The topological polar surface area (TPSA) is 333 Å². The van der Waals surface area contributed by atoms with E-state index >= 15 is 0 Å². The van der Waals surface area contributed by atoms with Crippen LogP contribution in [-0.4, -0.2) is 98.5 Å². The average Bonchev–Trinajstić information content (AvgIpc) is 3.86. The number of aromatic amines is 2. The van der Waals surface area contributed by atoms with E-state index in [1.165, 1.54) is 16.7 Å². The molecule has 18 heteroatoms. The van der Waals surface area contributed by atoms with Crippen molar-refractivity contribution in [1.29, 1.82) is 0 Å². The van der Waals surface area contributed by atoms with E-state index in [4.69, 9.17) is 41.9 Å². The number of carboxylic acids is 6. The van der Waals surface area contributed by atoms with E-state index in [0.717, 1.165) is 74.2 Å². The summed E-state index contributed by atoms with van der Waals surface area (Å²) in [4.78, 5) is 80.1. The van der Waals surface area contributed by atoms with Crippen molar-refractivity contribution in [2.24, 2.45) is 11.5 Å². The first kappa shape index (κ1) is 49.7. The van der Waals surface area contributed by atoms with Crippen molar-refractivity contribution < 1.29 is 59.4 Å². The number of hydrogen-bond donors (Lipinski definition) is 10. The van der Waals surface area contributed by atoms with Gasteiger partial charge in [-0.05, 0) is 135 Å². The predicted octanol–water partition coefficient (Wildman–Crippen LogP) is 6.17. The minimum Gasteiger partial charge on any atom is -0.481 e. The van der Waals surface area contributed by atoms with Crippen molar-refractivity contribution in [3.05, 3.63) is 69.3 Å². The first-order valence-corrected chi connectivity index (χ1v) is 20.1. The van der Waals surface area contributed by atoms with Crippen LogP contribution in [0.5, 0.6) is 0 Å². The van der Waals surface area contributed by atoms with Crippen molar-refractivity contribution in [1.82, 2.24) is 19.9 Å². The smallest absolute Gasteiger partial charge is 0.320 e. The van der Waals surface area contributed by atoms with Crippen molar-refractivity contribution >= 4 is 80.2 Å². The summed E-state index contributed by atoms with van der Waals surface area (Å²) in [5.41, 5.74) is 25.4. The normalized spacial score (nSPS) is 13.0. The molecule has 62 heavy (non-hydrogen) atoms. The number of aromatic nitrogens is 4. The summed E-state index contributed by atoms with van der Waals surface area (Å²) in [5, 5.41) is 51.5. The molecule has 2 aliphatic heterocycles. The number of H-pyrrole nitrogens is 2. The zero-order valence-corrected chi connectivity index (χ0v) is 35.7. The van der Waals surface area contributed by atoms with Gasteiger partial charge in [0.2, 0.25) is 0 Å². The zero-order chi connectivity index (χ0) is 46.6. The summed E-state index contributed by atoms with van der Waals surface area (Å²) >= 11 is 0. The third kappa shape index (κ3) is 13.2. The maximum absolute atomic E-state index is 11.5. The van der Waals surface area contributed by atoms with Crippen LogP contribution in [0.3, 0.4) is 0 Å². The summed E-state index contributed by atoms with van der Waals surface area (Å²) in [6.07, 6.45) is 1.92. The largest absolute Gasteiger partial charge is 0.481 e. The molecular weight excluding hydrogens is 805 g/mol. The quantitative estimate of drug-likeness (QED) is 0.0769. The summed E-state index contributed by atoms with van der Waals surface area (Å²) in [6.45, 7) is 12.5. The third-order valence-electron chi connectivity index (χ3n) is 10.7. The van der Waals surface area contributed by atoms with Crippen LogP contribution in [0.2, 0.25) is 0 Å². The lowest BCUT2D eigenvalue weighted by atomic mass is 9.98. The molecule has 8 bridgehead atoms. The third-order valence-corrected chi connectivity index (χ3v) is 10.7. The predicted molar refractivity (Wildman–Crippen MR) is 233 cm³/mol. The van der Waals surface area contributed by atoms with Crippen molar-refractivity contribution in [2.45, 2.75) is 118 Å². The Morgan fingerprint density at radius 2 is 0.855 bits per heavy atom. The molecule has 5 heterocycles. The Hall–Kier alpha value is -6.66. The van der Waals surface area contributed by atoms with Gasteiger partial charge in [-0.15, -0.1) is 0 Å². The SMILES string of the molecule is CCc1c(C)c2cc3[nH]c(cc4nc(cc5nc(cc1[nH]2)C(C)=C5CCC(=O)O)C(CCC(=O)O)=C4C)c(C)c3CC.N[C@@H](CCC(=O)O)C(=O)O.N[C@@H](CCC(=O)O)C(=O)O. The molecule has 18 nitrogen and oxygen atoms in total. The number of aryl methyl sites for hydroxylation is 4. The van der Waals surface area contributed by atoms with Crippen LogP contribution in [0.4, 0.5) is 0 Å². The Morgan fingerprint density at radius 1 is 0.516 bits per heavy atom. The molecule has 3 aromatic rings. The van der Waals surface area contributed by atoms with Crippen LogP contribution >= 0.6 is 0 Å². The van der Waals surface area contributed by atoms with Crippen LogP contribution < -0.4 is 11.5 Å². The molecule has 12 N–H and O–H groups in total. The second-order valence-electron chi connectivity index (χ2n) is 14.9. The Labute approximate surface area is 357 Å². The van der Waals surface area contributed by atoms with E-state index in [0.29, 0.717) is 24.2 Å². The fourth-order valence-corrected chi connectivity index (χ4v) is 7.03. The Balaban J connectivity index is 0.000000423. The van der Waals surface area contributed by atoms with Gasteiger partial charge >= 0.3 is 35.8 Å². The summed E-state index contributed by atoms with van der Waals surface area (Å²) in [7, 11) is 0. The van der Waals surface area contributed by atoms with Gasteiger partial charge in [-0.3, -0.25) is 28.8 Å². The number of nitrogens with one attached hydrogen (secondary N) is 2. The summed E-state index contributed by atoms with van der Waals surface area (Å²) in [5.74, 6) is -6.13. The number of nitrogens with two attached hydrogens (primary N) is 2. The molecule has 0 aromatic carbocycles. The lowest BCUT2D eigenvalue weighted by Gasteiger charge is -2.05. The number of rotatable bonds is 16. The highest BCUT2D eigenvalue weighted by molar-refractivity contribution is 5.96. The molecule has 2 atom stereocenters. The molecule has 0 unspecified atom stereocenters. The van der Waals surface area contributed by atoms with Gasteiger partial charge in [0.05, 0.1) is 22.8 Å². The number of fused-ring (bicyclic) bond motifs is 8. The van der Waals surface area contributed by atoms with Gasteiger partial charge in [-0.25, -0.2) is 9.97 Å². The molecule has 0 spiro atoms. The van der Waals surface area contributed by atoms with E-state index < -0.39 is 47.9 Å². The van der Waals surface area contributed by atoms with Crippen molar-refractivity contribution in [3.63, 3.8) is 0 Å². The molecule has 5 rings (SSSR count). The zero-order valence-electron chi connectivity index (χ0n) is 35.7. The van der Waals surface area contributed by atoms with Crippen LogP contribution in [0.15, 0.2) is 24.3 Å². The van der Waals surface area contributed by atoms with Gasteiger partial charge in [0.15, 0.2) is 0 Å². The molecule has 2 aliphatic rings. The number of allylic oxidation sites excluding steroid dienone is 4. The molecule has 0 saturated carbocycles. The standard InChI is InChI=1S/C34H38N4O4.2C5H9NO4/c1-7-21-17(3)25-13-26-19(5)23(9-11-33(39)40)31(37-26)16-32-24(10-12-34(41)42)20(6)28(38-32)15-30-22(8-2)18(4)27(36-30)14-29(21)35-25;2*6-3(5(9)10)1-2-4(7)8/h13-16,35-36H,7-12H2,1-6H3,(H,39,40)(H,41,42);2*3H,1-2,6H2,(H,7,8)(H,9,10)/t;2*3-/m.00/s1. The lowest BCUT2D eigenvalue weighted by molar-refractivity contribution is -0.141. The highest BCUT2D eigenvalue weighted by Gasteiger charge is 2.23. The monoisotopic (exact) mass is 860 g/mol. The van der Waals surface area contributed by atoms with Gasteiger partial charge in [-0.2, -0.15) is 0 Å². The van der Waals surface area contributed by atoms with Crippen LogP contribution in [0, 0.1) is 13.8 Å². The summed E-state index contributed by atoms with van der Waals surface area (Å²) < 4.78 is 0.